The molecule has 164 valence electrons. The topological polar surface area (TPSA) is 58.6 Å². The van der Waals surface area contributed by atoms with Crippen LogP contribution in [0.5, 0.6) is 11.5 Å². The first kappa shape index (κ1) is 21.6. The fourth-order valence-electron chi connectivity index (χ4n) is 3.90. The van der Waals surface area contributed by atoms with Gasteiger partial charge in [0.15, 0.2) is 0 Å². The number of likely N-dealkylation sites (tertiary alicyclic amines) is 1. The fraction of sp³-hybridized carbons (Fsp3) is 0.259. The van der Waals surface area contributed by atoms with Gasteiger partial charge in [-0.1, -0.05) is 48.5 Å². The van der Waals surface area contributed by atoms with E-state index >= 15 is 0 Å². The lowest BCUT2D eigenvalue weighted by Gasteiger charge is -2.32. The minimum absolute atomic E-state index is 0.0186. The largest absolute Gasteiger partial charge is 0.457 e. The van der Waals surface area contributed by atoms with Crippen molar-refractivity contribution in [1.29, 1.82) is 0 Å². The van der Waals surface area contributed by atoms with Crippen LogP contribution < -0.4 is 10.1 Å². The van der Waals surface area contributed by atoms with E-state index in [-0.39, 0.29) is 17.9 Å². The number of para-hydroxylation sites is 1. The standard InChI is InChI=1S/C27H28N2O3/c30-26(16-11-21-7-3-1-4-8-21)28-23-17-19-29(20-18-23)27(31)22-12-14-25(15-13-22)32-24-9-5-2-6-10-24/h1-10,12-15,23H,11,16-20H2,(H,28,30). The van der Waals surface area contributed by atoms with Gasteiger partial charge in [0, 0.05) is 31.1 Å². The van der Waals surface area contributed by atoms with E-state index in [1.807, 2.05) is 77.7 Å². The highest BCUT2D eigenvalue weighted by Gasteiger charge is 2.24. The van der Waals surface area contributed by atoms with Crippen LogP contribution in [0.4, 0.5) is 0 Å². The van der Waals surface area contributed by atoms with Gasteiger partial charge in [-0.05, 0) is 61.2 Å². The molecule has 5 heteroatoms. The number of hydrogen-bond donors (Lipinski definition) is 1. The van der Waals surface area contributed by atoms with Crippen LogP contribution in [0.3, 0.4) is 0 Å². The molecule has 3 aromatic rings. The van der Waals surface area contributed by atoms with Crippen LogP contribution in [0, 0.1) is 0 Å². The number of rotatable bonds is 7. The van der Waals surface area contributed by atoms with Gasteiger partial charge < -0.3 is 15.0 Å². The van der Waals surface area contributed by atoms with E-state index in [2.05, 4.69) is 5.32 Å². The fourth-order valence-corrected chi connectivity index (χ4v) is 3.90. The molecule has 0 saturated carbocycles. The van der Waals surface area contributed by atoms with Gasteiger partial charge in [0.05, 0.1) is 0 Å². The molecule has 1 aliphatic rings. The second-order valence-electron chi connectivity index (χ2n) is 8.06. The van der Waals surface area contributed by atoms with Crippen molar-refractivity contribution < 1.29 is 14.3 Å². The smallest absolute Gasteiger partial charge is 0.253 e. The molecule has 0 aromatic heterocycles. The predicted molar refractivity (Wildman–Crippen MR) is 125 cm³/mol. The van der Waals surface area contributed by atoms with E-state index < -0.39 is 0 Å². The average molecular weight is 429 g/mol. The molecular weight excluding hydrogens is 400 g/mol. The number of nitrogens with one attached hydrogen (secondary N) is 1. The number of amides is 2. The Bertz CT molecular complexity index is 1010. The summed E-state index contributed by atoms with van der Waals surface area (Å²) >= 11 is 0. The maximum absolute atomic E-state index is 12.9. The molecule has 0 radical (unpaired) electrons. The van der Waals surface area contributed by atoms with E-state index in [9.17, 15) is 9.59 Å². The third-order valence-corrected chi connectivity index (χ3v) is 5.71. The first-order valence-corrected chi connectivity index (χ1v) is 11.1. The monoisotopic (exact) mass is 428 g/mol. The third kappa shape index (κ3) is 5.97. The van der Waals surface area contributed by atoms with E-state index in [4.69, 9.17) is 4.74 Å². The summed E-state index contributed by atoms with van der Waals surface area (Å²) in [6.07, 6.45) is 2.78. The van der Waals surface area contributed by atoms with E-state index in [1.165, 1.54) is 5.56 Å². The molecule has 1 heterocycles. The van der Waals surface area contributed by atoms with Gasteiger partial charge in [-0.2, -0.15) is 0 Å². The molecule has 2 amide bonds. The Morgan fingerprint density at radius 1 is 0.812 bits per heavy atom. The summed E-state index contributed by atoms with van der Waals surface area (Å²) in [5.74, 6) is 1.56. The normalized spacial score (nSPS) is 14.1. The molecule has 4 rings (SSSR count). The van der Waals surface area contributed by atoms with Crippen molar-refractivity contribution in [2.75, 3.05) is 13.1 Å². The van der Waals surface area contributed by atoms with Crippen molar-refractivity contribution in [3.63, 3.8) is 0 Å². The van der Waals surface area contributed by atoms with Crippen LogP contribution in [0.15, 0.2) is 84.9 Å². The Labute approximate surface area is 189 Å². The Kier molecular flexibility index (Phi) is 7.18. The van der Waals surface area contributed by atoms with Crippen molar-refractivity contribution in [3.8, 4) is 11.5 Å². The average Bonchev–Trinajstić information content (AvgIpc) is 2.85. The highest BCUT2D eigenvalue weighted by Crippen LogP contribution is 2.22. The summed E-state index contributed by atoms with van der Waals surface area (Å²) in [6, 6.07) is 27.0. The number of nitrogens with zero attached hydrogens (tertiary/aromatic N) is 1. The number of hydrogen-bond acceptors (Lipinski definition) is 3. The zero-order valence-corrected chi connectivity index (χ0v) is 18.1. The Balaban J connectivity index is 1.22. The number of benzene rings is 3. The molecule has 3 aromatic carbocycles. The van der Waals surface area contributed by atoms with E-state index in [1.54, 1.807) is 12.1 Å². The summed E-state index contributed by atoms with van der Waals surface area (Å²) in [4.78, 5) is 27.0. The van der Waals surface area contributed by atoms with Crippen LogP contribution >= 0.6 is 0 Å². The summed E-state index contributed by atoms with van der Waals surface area (Å²) in [5, 5.41) is 3.13. The van der Waals surface area contributed by atoms with Crippen molar-refractivity contribution in [3.05, 3.63) is 96.1 Å². The zero-order valence-electron chi connectivity index (χ0n) is 18.1. The van der Waals surface area contributed by atoms with Crippen LogP contribution in [0.25, 0.3) is 0 Å². The first-order chi connectivity index (χ1) is 15.7. The van der Waals surface area contributed by atoms with Gasteiger partial charge >= 0.3 is 0 Å². The Hall–Kier alpha value is -3.60. The second-order valence-corrected chi connectivity index (χ2v) is 8.06. The number of carbonyl (C=O) groups is 2. The molecule has 0 atom stereocenters. The quantitative estimate of drug-likeness (QED) is 0.586. The third-order valence-electron chi connectivity index (χ3n) is 5.71. The molecule has 0 unspecified atom stereocenters. The highest BCUT2D eigenvalue weighted by atomic mass is 16.5. The molecule has 0 aliphatic carbocycles. The molecule has 1 N–H and O–H groups in total. The highest BCUT2D eigenvalue weighted by molar-refractivity contribution is 5.94. The van der Waals surface area contributed by atoms with Crippen LogP contribution in [0.1, 0.15) is 35.2 Å². The van der Waals surface area contributed by atoms with E-state index in [0.29, 0.717) is 30.8 Å². The molecule has 1 saturated heterocycles. The van der Waals surface area contributed by atoms with Crippen molar-refractivity contribution in [2.24, 2.45) is 0 Å². The van der Waals surface area contributed by atoms with Crippen LogP contribution in [-0.4, -0.2) is 35.8 Å². The summed E-state index contributed by atoms with van der Waals surface area (Å²) in [5.41, 5.74) is 1.82. The maximum atomic E-state index is 12.9. The molecule has 0 spiro atoms. The van der Waals surface area contributed by atoms with Gasteiger partial charge in [-0.3, -0.25) is 9.59 Å². The number of piperidine rings is 1. The zero-order chi connectivity index (χ0) is 22.2. The first-order valence-electron chi connectivity index (χ1n) is 11.1. The van der Waals surface area contributed by atoms with E-state index in [0.717, 1.165) is 25.0 Å². The van der Waals surface area contributed by atoms with Gasteiger partial charge in [-0.15, -0.1) is 0 Å². The van der Waals surface area contributed by atoms with Crippen LogP contribution in [-0.2, 0) is 11.2 Å². The molecule has 1 aliphatic heterocycles. The number of aryl methyl sites for hydroxylation is 1. The molecule has 5 nitrogen and oxygen atoms in total. The minimum Gasteiger partial charge on any atom is -0.457 e. The lowest BCUT2D eigenvalue weighted by Crippen LogP contribution is -2.46. The predicted octanol–water partition coefficient (Wildman–Crippen LogP) is 4.83. The Morgan fingerprint density at radius 2 is 1.41 bits per heavy atom. The van der Waals surface area contributed by atoms with Gasteiger partial charge in [0.1, 0.15) is 11.5 Å². The van der Waals surface area contributed by atoms with Gasteiger partial charge in [0.2, 0.25) is 5.91 Å². The van der Waals surface area contributed by atoms with Crippen molar-refractivity contribution in [1.82, 2.24) is 10.2 Å². The van der Waals surface area contributed by atoms with Gasteiger partial charge in [0.25, 0.3) is 5.91 Å². The Morgan fingerprint density at radius 3 is 2.06 bits per heavy atom. The minimum atomic E-state index is 0.0186. The second kappa shape index (κ2) is 10.6. The molecule has 32 heavy (non-hydrogen) atoms. The number of carbonyl (C=O) groups excluding carboxylic acids is 2. The molecule has 1 fully saturated rings. The maximum Gasteiger partial charge on any atom is 0.253 e. The number of ether oxygens (including phenoxy) is 1. The summed E-state index contributed by atoms with van der Waals surface area (Å²) in [7, 11) is 0. The lowest BCUT2D eigenvalue weighted by atomic mass is 10.0. The lowest BCUT2D eigenvalue weighted by molar-refractivity contribution is -0.122. The SMILES string of the molecule is O=C(CCc1ccccc1)NC1CCN(C(=O)c2ccc(Oc3ccccc3)cc2)CC1. The van der Waals surface area contributed by atoms with Crippen molar-refractivity contribution in [2.45, 2.75) is 31.7 Å². The summed E-state index contributed by atoms with van der Waals surface area (Å²) < 4.78 is 5.79. The summed E-state index contributed by atoms with van der Waals surface area (Å²) in [6.45, 7) is 1.29. The molecular formula is C27H28N2O3. The van der Waals surface area contributed by atoms with Crippen LogP contribution in [0.2, 0.25) is 0 Å². The molecule has 0 bridgehead atoms. The van der Waals surface area contributed by atoms with Crippen molar-refractivity contribution >= 4 is 11.8 Å². The van der Waals surface area contributed by atoms with Gasteiger partial charge in [-0.25, -0.2) is 0 Å².